The van der Waals surface area contributed by atoms with E-state index in [0.29, 0.717) is 19.7 Å². The highest BCUT2D eigenvalue weighted by molar-refractivity contribution is 5.97. The Hall–Kier alpha value is -2.16. The molecule has 144 valence electrons. The molecular weight excluding hydrogens is 340 g/mol. The molecule has 0 radical (unpaired) electrons. The molecule has 5 heteroatoms. The van der Waals surface area contributed by atoms with E-state index in [9.17, 15) is 10.1 Å². The number of carbonyl (C=O) groups is 1. The minimum Gasteiger partial charge on any atom is -0.372 e. The van der Waals surface area contributed by atoms with Gasteiger partial charge in [0.15, 0.2) is 0 Å². The van der Waals surface area contributed by atoms with Gasteiger partial charge in [0.25, 0.3) is 5.91 Å². The largest absolute Gasteiger partial charge is 0.372 e. The van der Waals surface area contributed by atoms with Gasteiger partial charge in [-0.2, -0.15) is 5.26 Å². The number of ether oxygens (including phenoxy) is 2. The van der Waals surface area contributed by atoms with E-state index in [0.717, 1.165) is 31.4 Å². The zero-order valence-corrected chi connectivity index (χ0v) is 16.2. The van der Waals surface area contributed by atoms with Gasteiger partial charge in [-0.15, -0.1) is 0 Å². The van der Waals surface area contributed by atoms with Gasteiger partial charge in [0.1, 0.15) is 17.7 Å². The molecule has 2 heterocycles. The number of nitriles is 1. The van der Waals surface area contributed by atoms with Gasteiger partial charge in [0.2, 0.25) is 0 Å². The van der Waals surface area contributed by atoms with Gasteiger partial charge >= 0.3 is 0 Å². The SMILES string of the molecule is CC(C)/C=C(\C#N)C(=O)N1CC[C@]2(CCCO2)[C@@H](OCc2ccccc2)C1. The van der Waals surface area contributed by atoms with Gasteiger partial charge in [0.05, 0.1) is 18.8 Å². The molecule has 5 nitrogen and oxygen atoms in total. The number of hydrogen-bond acceptors (Lipinski definition) is 4. The van der Waals surface area contributed by atoms with Crippen LogP contribution in [0, 0.1) is 17.2 Å². The summed E-state index contributed by atoms with van der Waals surface area (Å²) < 4.78 is 12.4. The highest BCUT2D eigenvalue weighted by Gasteiger charge is 2.48. The van der Waals surface area contributed by atoms with Crippen molar-refractivity contribution in [2.75, 3.05) is 19.7 Å². The number of benzene rings is 1. The van der Waals surface area contributed by atoms with Crippen LogP contribution in [0.4, 0.5) is 0 Å². The van der Waals surface area contributed by atoms with E-state index in [4.69, 9.17) is 9.47 Å². The van der Waals surface area contributed by atoms with Crippen molar-refractivity contribution in [1.29, 1.82) is 5.26 Å². The molecule has 1 amide bonds. The quantitative estimate of drug-likeness (QED) is 0.590. The van der Waals surface area contributed by atoms with E-state index in [-0.39, 0.29) is 29.1 Å². The second-order valence-corrected chi connectivity index (χ2v) is 7.74. The number of nitrogens with zero attached hydrogens (tertiary/aromatic N) is 2. The Morgan fingerprint density at radius 2 is 2.19 bits per heavy atom. The number of piperidine rings is 1. The summed E-state index contributed by atoms with van der Waals surface area (Å²) in [5, 5.41) is 9.38. The molecular formula is C22H28N2O3. The molecule has 0 aromatic heterocycles. The minimum absolute atomic E-state index is 0.156. The maximum absolute atomic E-state index is 12.8. The summed E-state index contributed by atoms with van der Waals surface area (Å²) in [6.07, 6.45) is 4.28. The maximum Gasteiger partial charge on any atom is 0.264 e. The van der Waals surface area contributed by atoms with Crippen molar-refractivity contribution < 1.29 is 14.3 Å². The number of rotatable bonds is 5. The number of hydrogen-bond donors (Lipinski definition) is 0. The van der Waals surface area contributed by atoms with Crippen molar-refractivity contribution in [3.05, 3.63) is 47.5 Å². The summed E-state index contributed by atoms with van der Waals surface area (Å²) in [6.45, 7) is 6.23. The van der Waals surface area contributed by atoms with Crippen LogP contribution in [0.1, 0.15) is 38.7 Å². The summed E-state index contributed by atoms with van der Waals surface area (Å²) >= 11 is 0. The molecule has 1 aromatic carbocycles. The predicted molar refractivity (Wildman–Crippen MR) is 103 cm³/mol. The highest BCUT2D eigenvalue weighted by atomic mass is 16.6. The molecule has 1 spiro atoms. The first-order chi connectivity index (χ1) is 13.0. The first-order valence-electron chi connectivity index (χ1n) is 9.75. The second kappa shape index (κ2) is 8.69. The van der Waals surface area contributed by atoms with Crippen molar-refractivity contribution in [3.63, 3.8) is 0 Å². The third-order valence-corrected chi connectivity index (χ3v) is 5.34. The van der Waals surface area contributed by atoms with Crippen molar-refractivity contribution in [1.82, 2.24) is 4.90 Å². The third kappa shape index (κ3) is 4.58. The Kier molecular flexibility index (Phi) is 6.30. The number of likely N-dealkylation sites (tertiary alicyclic amines) is 1. The first-order valence-corrected chi connectivity index (χ1v) is 9.75. The van der Waals surface area contributed by atoms with Gasteiger partial charge in [0, 0.05) is 13.2 Å². The predicted octanol–water partition coefficient (Wildman–Crippen LogP) is 3.46. The molecule has 0 aliphatic carbocycles. The summed E-state index contributed by atoms with van der Waals surface area (Å²) in [7, 11) is 0. The van der Waals surface area contributed by atoms with Crippen LogP contribution in [-0.4, -0.2) is 42.2 Å². The van der Waals surface area contributed by atoms with Crippen molar-refractivity contribution in [2.45, 2.75) is 51.4 Å². The van der Waals surface area contributed by atoms with Gasteiger partial charge in [-0.1, -0.05) is 50.3 Å². The van der Waals surface area contributed by atoms with Crippen LogP contribution in [-0.2, 0) is 20.9 Å². The summed E-state index contributed by atoms with van der Waals surface area (Å²) in [5.41, 5.74) is 1.02. The van der Waals surface area contributed by atoms with Crippen LogP contribution in [0.5, 0.6) is 0 Å². The fourth-order valence-electron chi connectivity index (χ4n) is 3.93. The van der Waals surface area contributed by atoms with Crippen LogP contribution in [0.3, 0.4) is 0 Å². The fourth-order valence-corrected chi connectivity index (χ4v) is 3.93. The molecule has 1 aromatic rings. The minimum atomic E-state index is -0.305. The lowest BCUT2D eigenvalue weighted by molar-refractivity contribution is -0.166. The Balaban J connectivity index is 1.73. The van der Waals surface area contributed by atoms with E-state index in [2.05, 4.69) is 6.07 Å². The summed E-state index contributed by atoms with van der Waals surface area (Å²) in [6, 6.07) is 12.1. The van der Waals surface area contributed by atoms with Crippen LogP contribution >= 0.6 is 0 Å². The standard InChI is InChI=1S/C22H28N2O3/c1-17(2)13-19(14-23)21(25)24-11-10-22(9-6-12-27-22)20(15-24)26-16-18-7-4-3-5-8-18/h3-5,7-8,13,17,20H,6,9-12,15-16H2,1-2H3/b19-13+/t20-,22+/m0/s1. The van der Waals surface area contributed by atoms with Gasteiger partial charge < -0.3 is 14.4 Å². The Morgan fingerprint density at radius 3 is 2.81 bits per heavy atom. The molecule has 0 unspecified atom stereocenters. The van der Waals surface area contributed by atoms with E-state index in [1.165, 1.54) is 0 Å². The fraction of sp³-hybridized carbons (Fsp3) is 0.545. The van der Waals surface area contributed by atoms with Gasteiger partial charge in [-0.25, -0.2) is 0 Å². The first kappa shape index (κ1) is 19.6. The van der Waals surface area contributed by atoms with Crippen LogP contribution in [0.2, 0.25) is 0 Å². The average molecular weight is 368 g/mol. The lowest BCUT2D eigenvalue weighted by Gasteiger charge is -2.44. The Bertz CT molecular complexity index is 715. The van der Waals surface area contributed by atoms with Crippen LogP contribution in [0.15, 0.2) is 42.0 Å². The molecule has 0 saturated carbocycles. The van der Waals surface area contributed by atoms with Crippen LogP contribution < -0.4 is 0 Å². The topological polar surface area (TPSA) is 62.6 Å². The average Bonchev–Trinajstić information content (AvgIpc) is 3.15. The van der Waals surface area contributed by atoms with Crippen molar-refractivity contribution in [3.8, 4) is 6.07 Å². The van der Waals surface area contributed by atoms with Gasteiger partial charge in [-0.05, 0) is 30.7 Å². The second-order valence-electron chi connectivity index (χ2n) is 7.74. The molecule has 2 fully saturated rings. The molecule has 2 atom stereocenters. The van der Waals surface area contributed by atoms with Crippen molar-refractivity contribution in [2.24, 2.45) is 5.92 Å². The highest BCUT2D eigenvalue weighted by Crippen LogP contribution is 2.38. The lowest BCUT2D eigenvalue weighted by atomic mass is 9.85. The molecule has 2 saturated heterocycles. The third-order valence-electron chi connectivity index (χ3n) is 5.34. The van der Waals surface area contributed by atoms with E-state index >= 15 is 0 Å². The van der Waals surface area contributed by atoms with Crippen LogP contribution in [0.25, 0.3) is 0 Å². The number of carbonyl (C=O) groups excluding carboxylic acids is 1. The molecule has 2 aliphatic heterocycles. The summed E-state index contributed by atoms with van der Waals surface area (Å²) in [4.78, 5) is 14.6. The molecule has 2 aliphatic rings. The van der Waals surface area contributed by atoms with Gasteiger partial charge in [-0.3, -0.25) is 4.79 Å². The normalized spacial score (nSPS) is 25.8. The Labute approximate surface area is 161 Å². The maximum atomic E-state index is 12.8. The molecule has 3 rings (SSSR count). The monoisotopic (exact) mass is 368 g/mol. The molecule has 0 N–H and O–H groups in total. The van der Waals surface area contributed by atoms with Crippen molar-refractivity contribution >= 4 is 5.91 Å². The Morgan fingerprint density at radius 1 is 1.41 bits per heavy atom. The summed E-state index contributed by atoms with van der Waals surface area (Å²) in [5.74, 6) is -0.0459. The number of amides is 1. The van der Waals surface area contributed by atoms with E-state index in [1.807, 2.05) is 44.2 Å². The zero-order valence-electron chi connectivity index (χ0n) is 16.2. The lowest BCUT2D eigenvalue weighted by Crippen LogP contribution is -2.57. The van der Waals surface area contributed by atoms with E-state index in [1.54, 1.807) is 11.0 Å². The smallest absolute Gasteiger partial charge is 0.264 e. The number of allylic oxidation sites excluding steroid dienone is 1. The molecule has 27 heavy (non-hydrogen) atoms. The molecule has 0 bridgehead atoms. The zero-order chi connectivity index (χ0) is 19.3. The van der Waals surface area contributed by atoms with E-state index < -0.39 is 0 Å².